The molecule has 1 aliphatic heterocycles. The van der Waals surface area contributed by atoms with Gasteiger partial charge in [0.05, 0.1) is 12.8 Å². The number of nitrogens with zero attached hydrogens (tertiary/aromatic N) is 4. The van der Waals surface area contributed by atoms with Crippen molar-refractivity contribution >= 4 is 23.4 Å². The summed E-state index contributed by atoms with van der Waals surface area (Å²) in [6.45, 7) is 10.6. The van der Waals surface area contributed by atoms with E-state index < -0.39 is 5.82 Å². The Bertz CT molecular complexity index is 976. The lowest BCUT2D eigenvalue weighted by molar-refractivity contribution is -0.127. The maximum Gasteiger partial charge on any atom is 0.246 e. The first-order chi connectivity index (χ1) is 17.0. The number of hydrogen-bond acceptors (Lipinski definition) is 8. The summed E-state index contributed by atoms with van der Waals surface area (Å²) in [6.07, 6.45) is 4.07. The van der Waals surface area contributed by atoms with Gasteiger partial charge >= 0.3 is 0 Å². The topological polar surface area (TPSA) is 91.9 Å². The number of ether oxygens (including phenoxy) is 2. The van der Waals surface area contributed by atoms with Crippen LogP contribution in [0.2, 0.25) is 0 Å². The molecule has 2 heterocycles. The van der Waals surface area contributed by atoms with Crippen LogP contribution in [0.15, 0.2) is 43.1 Å². The van der Waals surface area contributed by atoms with E-state index >= 15 is 0 Å². The van der Waals surface area contributed by atoms with Crippen LogP contribution in [-0.4, -0.2) is 84.8 Å². The van der Waals surface area contributed by atoms with Crippen LogP contribution in [0.3, 0.4) is 0 Å². The molecule has 1 aromatic carbocycles. The lowest BCUT2D eigenvalue weighted by Crippen LogP contribution is -2.44. The van der Waals surface area contributed by atoms with Crippen LogP contribution in [0.4, 0.5) is 21.8 Å². The monoisotopic (exact) mass is 486 g/mol. The number of likely N-dealkylation sites (N-methyl/N-ethyl adjacent to an activating group) is 1. The van der Waals surface area contributed by atoms with Crippen molar-refractivity contribution in [1.82, 2.24) is 19.8 Å². The van der Waals surface area contributed by atoms with Gasteiger partial charge in [0.15, 0.2) is 11.6 Å². The van der Waals surface area contributed by atoms with Crippen molar-refractivity contribution in [1.29, 1.82) is 0 Å². The Balaban J connectivity index is 1.58. The zero-order valence-electron chi connectivity index (χ0n) is 20.5. The van der Waals surface area contributed by atoms with Gasteiger partial charge in [-0.1, -0.05) is 19.6 Å². The molecule has 1 fully saturated rings. The second-order valence-corrected chi connectivity index (χ2v) is 8.29. The van der Waals surface area contributed by atoms with E-state index in [1.165, 1.54) is 6.08 Å². The van der Waals surface area contributed by atoms with Crippen molar-refractivity contribution in [3.05, 3.63) is 48.9 Å². The average Bonchev–Trinajstić information content (AvgIpc) is 2.88. The van der Waals surface area contributed by atoms with Crippen molar-refractivity contribution in [2.75, 3.05) is 63.7 Å². The standard InChI is InChI=1S/C25H35FN6O3/c1-4-23(33)32-11-7-9-20(18-32)28-24-22(26)17-27-25(30-24)29-19-8-6-10-21(16-19)35-15-13-31(5-2)12-14-34-3/h4,6,8,10,16-17,20H,1,5,7,9,11-15,18H2,2-3H3,(H2,27,28,29,30)/t20-/m1/s1. The number of carbonyl (C=O) groups is 1. The number of rotatable bonds is 13. The van der Waals surface area contributed by atoms with Crippen LogP contribution in [0.5, 0.6) is 5.75 Å². The number of anilines is 3. The van der Waals surface area contributed by atoms with Crippen molar-refractivity contribution in [3.63, 3.8) is 0 Å². The van der Waals surface area contributed by atoms with Gasteiger partial charge in [0, 0.05) is 51.1 Å². The van der Waals surface area contributed by atoms with Crippen LogP contribution in [0, 0.1) is 5.82 Å². The third-order valence-electron chi connectivity index (χ3n) is 5.82. The van der Waals surface area contributed by atoms with Gasteiger partial charge in [0.1, 0.15) is 12.4 Å². The third-order valence-corrected chi connectivity index (χ3v) is 5.82. The van der Waals surface area contributed by atoms with Crippen LogP contribution in [0.1, 0.15) is 19.8 Å². The Kier molecular flexibility index (Phi) is 10.2. The number of nitrogens with one attached hydrogen (secondary N) is 2. The van der Waals surface area contributed by atoms with Crippen LogP contribution < -0.4 is 15.4 Å². The molecule has 2 aromatic rings. The molecule has 190 valence electrons. The second kappa shape index (κ2) is 13.6. The van der Waals surface area contributed by atoms with Crippen LogP contribution in [0.25, 0.3) is 0 Å². The number of carbonyl (C=O) groups excluding carboxylic acids is 1. The summed E-state index contributed by atoms with van der Waals surface area (Å²) in [5.74, 6) is 0.406. The Labute approximate surface area is 206 Å². The number of likely N-dealkylation sites (tertiary alicyclic amines) is 1. The van der Waals surface area contributed by atoms with Gasteiger partial charge in [-0.05, 0) is 37.6 Å². The molecule has 1 saturated heterocycles. The maximum atomic E-state index is 14.4. The van der Waals surface area contributed by atoms with Gasteiger partial charge in [-0.3, -0.25) is 9.69 Å². The molecule has 2 N–H and O–H groups in total. The van der Waals surface area contributed by atoms with Crippen LogP contribution >= 0.6 is 0 Å². The highest BCUT2D eigenvalue weighted by molar-refractivity contribution is 5.87. The summed E-state index contributed by atoms with van der Waals surface area (Å²) in [4.78, 5) is 24.3. The molecule has 3 rings (SSSR count). The molecule has 0 saturated carbocycles. The number of amides is 1. The first kappa shape index (κ1) is 26.4. The summed E-state index contributed by atoms with van der Waals surface area (Å²) in [7, 11) is 1.70. The molecule has 0 radical (unpaired) electrons. The van der Waals surface area contributed by atoms with E-state index in [1.54, 1.807) is 12.0 Å². The number of hydrogen-bond donors (Lipinski definition) is 2. The van der Waals surface area contributed by atoms with Gasteiger partial charge in [-0.25, -0.2) is 9.37 Å². The van der Waals surface area contributed by atoms with Gasteiger partial charge in [-0.15, -0.1) is 0 Å². The third kappa shape index (κ3) is 8.18. The van der Waals surface area contributed by atoms with Crippen molar-refractivity contribution in [2.24, 2.45) is 0 Å². The Morgan fingerprint density at radius 3 is 2.97 bits per heavy atom. The van der Waals surface area contributed by atoms with Crippen LogP contribution in [-0.2, 0) is 9.53 Å². The summed E-state index contributed by atoms with van der Waals surface area (Å²) >= 11 is 0. The molecular weight excluding hydrogens is 451 g/mol. The molecule has 35 heavy (non-hydrogen) atoms. The molecular formula is C25H35FN6O3. The van der Waals surface area contributed by atoms with E-state index in [9.17, 15) is 9.18 Å². The van der Waals surface area contributed by atoms with E-state index in [4.69, 9.17) is 9.47 Å². The van der Waals surface area contributed by atoms with Gasteiger partial charge < -0.3 is 25.0 Å². The minimum atomic E-state index is -0.547. The van der Waals surface area contributed by atoms with Crippen molar-refractivity contribution < 1.29 is 18.7 Å². The van der Waals surface area contributed by atoms with E-state index in [2.05, 4.69) is 39.0 Å². The Morgan fingerprint density at radius 2 is 2.20 bits per heavy atom. The summed E-state index contributed by atoms with van der Waals surface area (Å²) in [6, 6.07) is 7.37. The molecule has 1 amide bonds. The number of piperidine rings is 1. The molecule has 10 heteroatoms. The summed E-state index contributed by atoms with van der Waals surface area (Å²) in [5.41, 5.74) is 0.729. The fourth-order valence-corrected chi connectivity index (χ4v) is 3.88. The molecule has 0 bridgehead atoms. The largest absolute Gasteiger partial charge is 0.492 e. The first-order valence-corrected chi connectivity index (χ1v) is 11.9. The molecule has 0 spiro atoms. The van der Waals surface area contributed by atoms with E-state index in [1.807, 2.05) is 24.3 Å². The van der Waals surface area contributed by atoms with E-state index in [-0.39, 0.29) is 23.7 Å². The lowest BCUT2D eigenvalue weighted by atomic mass is 10.1. The predicted octanol–water partition coefficient (Wildman–Crippen LogP) is 3.30. The Hall–Kier alpha value is -3.24. The fourth-order valence-electron chi connectivity index (χ4n) is 3.88. The Morgan fingerprint density at radius 1 is 1.37 bits per heavy atom. The van der Waals surface area contributed by atoms with Crippen molar-refractivity contribution in [3.8, 4) is 5.75 Å². The lowest BCUT2D eigenvalue weighted by Gasteiger charge is -2.32. The minimum Gasteiger partial charge on any atom is -0.492 e. The molecule has 1 aromatic heterocycles. The molecule has 1 atom stereocenters. The number of benzene rings is 1. The second-order valence-electron chi connectivity index (χ2n) is 8.29. The normalized spacial score (nSPS) is 15.7. The zero-order chi connectivity index (χ0) is 25.0. The average molecular weight is 487 g/mol. The smallest absolute Gasteiger partial charge is 0.246 e. The molecule has 1 aliphatic rings. The molecule has 0 unspecified atom stereocenters. The highest BCUT2D eigenvalue weighted by Crippen LogP contribution is 2.22. The maximum absolute atomic E-state index is 14.4. The van der Waals surface area contributed by atoms with E-state index in [0.29, 0.717) is 32.1 Å². The fraction of sp³-hybridized carbons (Fsp3) is 0.480. The first-order valence-electron chi connectivity index (χ1n) is 11.9. The highest BCUT2D eigenvalue weighted by Gasteiger charge is 2.23. The SMILES string of the molecule is C=CC(=O)N1CCC[C@@H](Nc2nc(Nc3cccc(OCCN(CC)CCOC)c3)ncc2F)C1. The summed E-state index contributed by atoms with van der Waals surface area (Å²) in [5, 5.41) is 6.23. The van der Waals surface area contributed by atoms with Gasteiger partial charge in [0.2, 0.25) is 11.9 Å². The summed E-state index contributed by atoms with van der Waals surface area (Å²) < 4.78 is 25.5. The minimum absolute atomic E-state index is 0.100. The molecule has 9 nitrogen and oxygen atoms in total. The van der Waals surface area contributed by atoms with Crippen molar-refractivity contribution in [2.45, 2.75) is 25.8 Å². The van der Waals surface area contributed by atoms with E-state index in [0.717, 1.165) is 44.4 Å². The number of aromatic nitrogens is 2. The highest BCUT2D eigenvalue weighted by atomic mass is 19.1. The zero-order valence-corrected chi connectivity index (χ0v) is 20.5. The van der Waals surface area contributed by atoms with Gasteiger partial charge in [-0.2, -0.15) is 4.98 Å². The number of halogens is 1. The predicted molar refractivity (Wildman–Crippen MR) is 135 cm³/mol. The number of methoxy groups -OCH3 is 1. The quantitative estimate of drug-likeness (QED) is 0.417. The molecule has 0 aliphatic carbocycles. The van der Waals surface area contributed by atoms with Gasteiger partial charge in [0.25, 0.3) is 0 Å².